The van der Waals surface area contributed by atoms with Crippen molar-refractivity contribution in [1.82, 2.24) is 25.9 Å². The van der Waals surface area contributed by atoms with Gasteiger partial charge in [-0.3, -0.25) is 0 Å². The Morgan fingerprint density at radius 3 is 2.75 bits per heavy atom. The summed E-state index contributed by atoms with van der Waals surface area (Å²) < 4.78 is 5.11. The zero-order chi connectivity index (χ0) is 12.2. The van der Waals surface area contributed by atoms with Gasteiger partial charge in [0.2, 0.25) is 0 Å². The molecule has 1 heterocycles. The highest BCUT2D eigenvalue weighted by molar-refractivity contribution is 5.68. The number of aromatic amines is 1. The SMILES string of the molecule is CC(Cc1nn[nH]n1)NC(=O)OC(C)(C)C. The van der Waals surface area contributed by atoms with E-state index in [2.05, 4.69) is 25.9 Å². The molecular formula is C9H17N5O2. The molecule has 1 amide bonds. The van der Waals surface area contributed by atoms with E-state index in [1.165, 1.54) is 0 Å². The average molecular weight is 227 g/mol. The third kappa shape index (κ3) is 4.72. The first-order chi connectivity index (χ1) is 7.37. The Bertz CT molecular complexity index is 330. The Kier molecular flexibility index (Phi) is 3.81. The van der Waals surface area contributed by atoms with Crippen LogP contribution < -0.4 is 5.32 Å². The molecule has 16 heavy (non-hydrogen) atoms. The van der Waals surface area contributed by atoms with Crippen molar-refractivity contribution in [2.75, 3.05) is 0 Å². The molecule has 0 saturated carbocycles. The first-order valence-electron chi connectivity index (χ1n) is 5.08. The highest BCUT2D eigenvalue weighted by Crippen LogP contribution is 2.07. The molecule has 0 saturated heterocycles. The number of carbonyl (C=O) groups excluding carboxylic acids is 1. The van der Waals surface area contributed by atoms with Gasteiger partial charge in [0, 0.05) is 12.5 Å². The number of alkyl carbamates (subject to hydrolysis) is 1. The summed E-state index contributed by atoms with van der Waals surface area (Å²) in [6.07, 6.45) is 0.0685. The van der Waals surface area contributed by atoms with E-state index < -0.39 is 11.7 Å². The number of hydrogen-bond acceptors (Lipinski definition) is 5. The van der Waals surface area contributed by atoms with Crippen LogP contribution in [0.3, 0.4) is 0 Å². The van der Waals surface area contributed by atoms with Crippen molar-refractivity contribution in [3.8, 4) is 0 Å². The van der Waals surface area contributed by atoms with Crippen LogP contribution in [0.1, 0.15) is 33.5 Å². The largest absolute Gasteiger partial charge is 0.444 e. The number of tetrazole rings is 1. The maximum atomic E-state index is 11.4. The summed E-state index contributed by atoms with van der Waals surface area (Å²) in [6, 6.07) is -0.104. The van der Waals surface area contributed by atoms with Crippen LogP contribution in [-0.4, -0.2) is 38.4 Å². The van der Waals surface area contributed by atoms with Gasteiger partial charge in [-0.2, -0.15) is 5.21 Å². The van der Waals surface area contributed by atoms with Crippen molar-refractivity contribution in [1.29, 1.82) is 0 Å². The average Bonchev–Trinajstić information content (AvgIpc) is 2.51. The molecule has 0 radical (unpaired) electrons. The fourth-order valence-electron chi connectivity index (χ4n) is 1.10. The molecule has 0 aliphatic rings. The Morgan fingerprint density at radius 1 is 1.56 bits per heavy atom. The van der Waals surface area contributed by atoms with E-state index >= 15 is 0 Å². The Hall–Kier alpha value is -1.66. The van der Waals surface area contributed by atoms with Gasteiger partial charge in [0.1, 0.15) is 5.60 Å². The van der Waals surface area contributed by atoms with Crippen molar-refractivity contribution in [3.63, 3.8) is 0 Å². The molecule has 1 aromatic heterocycles. The second kappa shape index (κ2) is 4.91. The van der Waals surface area contributed by atoms with Crippen LogP contribution in [0, 0.1) is 0 Å². The standard InChI is InChI=1S/C9H17N5O2/c1-6(5-7-11-13-14-12-7)10-8(15)16-9(2,3)4/h6H,5H2,1-4H3,(H,10,15)(H,11,12,13,14). The van der Waals surface area contributed by atoms with E-state index in [4.69, 9.17) is 4.74 Å². The molecule has 0 spiro atoms. The molecule has 2 N–H and O–H groups in total. The summed E-state index contributed by atoms with van der Waals surface area (Å²) in [6.45, 7) is 7.30. The van der Waals surface area contributed by atoms with E-state index in [0.29, 0.717) is 12.2 Å². The van der Waals surface area contributed by atoms with Crippen LogP contribution in [-0.2, 0) is 11.2 Å². The number of aromatic nitrogens is 4. The second-order valence-corrected chi connectivity index (χ2v) is 4.58. The third-order valence-corrected chi connectivity index (χ3v) is 1.64. The van der Waals surface area contributed by atoms with E-state index in [9.17, 15) is 4.79 Å². The number of ether oxygens (including phenoxy) is 1. The molecule has 1 unspecified atom stereocenters. The number of rotatable bonds is 3. The van der Waals surface area contributed by atoms with Gasteiger partial charge in [-0.05, 0) is 27.7 Å². The van der Waals surface area contributed by atoms with Crippen molar-refractivity contribution in [2.45, 2.75) is 45.8 Å². The molecule has 1 atom stereocenters. The molecule has 0 aromatic carbocycles. The molecular weight excluding hydrogens is 210 g/mol. The lowest BCUT2D eigenvalue weighted by atomic mass is 10.2. The lowest BCUT2D eigenvalue weighted by Crippen LogP contribution is -2.38. The van der Waals surface area contributed by atoms with Gasteiger partial charge in [-0.1, -0.05) is 5.21 Å². The molecule has 0 bridgehead atoms. The number of nitrogens with zero attached hydrogens (tertiary/aromatic N) is 3. The first-order valence-corrected chi connectivity index (χ1v) is 5.08. The molecule has 1 rings (SSSR count). The molecule has 0 aliphatic carbocycles. The summed E-state index contributed by atoms with van der Waals surface area (Å²) in [5, 5.41) is 16.1. The predicted molar refractivity (Wildman–Crippen MR) is 56.7 cm³/mol. The maximum Gasteiger partial charge on any atom is 0.407 e. The van der Waals surface area contributed by atoms with Crippen molar-refractivity contribution in [3.05, 3.63) is 5.82 Å². The van der Waals surface area contributed by atoms with Gasteiger partial charge >= 0.3 is 6.09 Å². The van der Waals surface area contributed by atoms with Crippen molar-refractivity contribution in [2.24, 2.45) is 0 Å². The minimum absolute atomic E-state index is 0.104. The van der Waals surface area contributed by atoms with Gasteiger partial charge in [-0.25, -0.2) is 4.79 Å². The zero-order valence-corrected chi connectivity index (χ0v) is 9.94. The number of H-pyrrole nitrogens is 1. The Balaban J connectivity index is 2.34. The van der Waals surface area contributed by atoms with Crippen molar-refractivity contribution < 1.29 is 9.53 Å². The van der Waals surface area contributed by atoms with Crippen LogP contribution in [0.15, 0.2) is 0 Å². The number of nitrogens with one attached hydrogen (secondary N) is 2. The summed E-state index contributed by atoms with van der Waals surface area (Å²) in [7, 11) is 0. The van der Waals surface area contributed by atoms with Crippen molar-refractivity contribution >= 4 is 6.09 Å². The fraction of sp³-hybridized carbons (Fsp3) is 0.778. The van der Waals surface area contributed by atoms with E-state index in [1.54, 1.807) is 0 Å². The summed E-state index contributed by atoms with van der Waals surface area (Å²) in [5.41, 5.74) is -0.490. The van der Waals surface area contributed by atoms with E-state index in [0.717, 1.165) is 0 Å². The Labute approximate surface area is 93.9 Å². The lowest BCUT2D eigenvalue weighted by Gasteiger charge is -2.21. The van der Waals surface area contributed by atoms with Crippen LogP contribution in [0.4, 0.5) is 4.79 Å². The Morgan fingerprint density at radius 2 is 2.25 bits per heavy atom. The minimum atomic E-state index is -0.490. The monoisotopic (exact) mass is 227 g/mol. The molecule has 7 heteroatoms. The highest BCUT2D eigenvalue weighted by Gasteiger charge is 2.18. The second-order valence-electron chi connectivity index (χ2n) is 4.58. The third-order valence-electron chi connectivity index (χ3n) is 1.64. The lowest BCUT2D eigenvalue weighted by molar-refractivity contribution is 0.0508. The van der Waals surface area contributed by atoms with Gasteiger partial charge < -0.3 is 10.1 Å². The van der Waals surface area contributed by atoms with Gasteiger partial charge in [0.15, 0.2) is 5.82 Å². The molecule has 90 valence electrons. The van der Waals surface area contributed by atoms with Crippen LogP contribution >= 0.6 is 0 Å². The minimum Gasteiger partial charge on any atom is -0.444 e. The maximum absolute atomic E-state index is 11.4. The highest BCUT2D eigenvalue weighted by atomic mass is 16.6. The molecule has 1 aromatic rings. The predicted octanol–water partition coefficient (Wildman–Crippen LogP) is 0.655. The number of amides is 1. The fourth-order valence-corrected chi connectivity index (χ4v) is 1.10. The van der Waals surface area contributed by atoms with Gasteiger partial charge in [-0.15, -0.1) is 10.2 Å². The summed E-state index contributed by atoms with van der Waals surface area (Å²) in [4.78, 5) is 11.4. The van der Waals surface area contributed by atoms with Gasteiger partial charge in [0.25, 0.3) is 0 Å². The van der Waals surface area contributed by atoms with E-state index in [-0.39, 0.29) is 6.04 Å². The smallest absolute Gasteiger partial charge is 0.407 e. The normalized spacial score (nSPS) is 13.2. The molecule has 7 nitrogen and oxygen atoms in total. The van der Waals surface area contributed by atoms with Crippen LogP contribution in [0.25, 0.3) is 0 Å². The van der Waals surface area contributed by atoms with Crippen LogP contribution in [0.2, 0.25) is 0 Å². The quantitative estimate of drug-likeness (QED) is 0.791. The van der Waals surface area contributed by atoms with E-state index in [1.807, 2.05) is 27.7 Å². The summed E-state index contributed by atoms with van der Waals surface area (Å²) in [5.74, 6) is 0.559. The summed E-state index contributed by atoms with van der Waals surface area (Å²) >= 11 is 0. The molecule has 0 fully saturated rings. The zero-order valence-electron chi connectivity index (χ0n) is 9.94. The first kappa shape index (κ1) is 12.4. The topological polar surface area (TPSA) is 92.8 Å². The molecule has 0 aliphatic heterocycles. The van der Waals surface area contributed by atoms with Crippen LogP contribution in [0.5, 0.6) is 0 Å². The van der Waals surface area contributed by atoms with Gasteiger partial charge in [0.05, 0.1) is 0 Å². The number of carbonyl (C=O) groups is 1. The number of hydrogen-bond donors (Lipinski definition) is 2.